The van der Waals surface area contributed by atoms with Crippen LogP contribution in [0, 0.1) is 20.8 Å². The number of fused-ring (bicyclic) bond motifs is 2. The molecule has 1 aromatic carbocycles. The Morgan fingerprint density at radius 2 is 1.94 bits per heavy atom. The smallest absolute Gasteiger partial charge is 0.290 e. The molecule has 0 atom stereocenters. The number of benzene rings is 1. The number of aryl methyl sites for hydroxylation is 3. The number of methoxy groups -OCH3 is 1. The van der Waals surface area contributed by atoms with Gasteiger partial charge in [0, 0.05) is 24.3 Å². The molecule has 0 bridgehead atoms. The van der Waals surface area contributed by atoms with Gasteiger partial charge in [0.1, 0.15) is 6.61 Å². The molecule has 3 aromatic heterocycles. The van der Waals surface area contributed by atoms with Crippen LogP contribution in [0.5, 0.6) is 0 Å². The zero-order chi connectivity index (χ0) is 22.5. The van der Waals surface area contributed by atoms with Crippen molar-refractivity contribution in [3.8, 4) is 11.3 Å². The summed E-state index contributed by atoms with van der Waals surface area (Å²) in [5.41, 5.74) is 7.78. The lowest BCUT2D eigenvalue weighted by atomic mass is 10.0. The Hall–Kier alpha value is -3.78. The van der Waals surface area contributed by atoms with E-state index < -0.39 is 0 Å². The van der Waals surface area contributed by atoms with Gasteiger partial charge in [0.15, 0.2) is 0 Å². The Morgan fingerprint density at radius 3 is 2.65 bits per heavy atom. The van der Waals surface area contributed by atoms with E-state index in [0.29, 0.717) is 0 Å². The average molecular weight is 420 g/mol. The highest BCUT2D eigenvalue weighted by Crippen LogP contribution is 2.33. The lowest BCUT2D eigenvalue weighted by Gasteiger charge is -2.14. The van der Waals surface area contributed by atoms with Gasteiger partial charge in [0.2, 0.25) is 5.91 Å². The fourth-order valence-electron chi connectivity index (χ4n) is 3.63. The first-order valence-electron chi connectivity index (χ1n) is 9.62. The molecule has 1 amide bonds. The number of nitrogens with one attached hydrogen (secondary N) is 1. The molecule has 8 heteroatoms. The van der Waals surface area contributed by atoms with Crippen LogP contribution in [0.4, 0.5) is 5.69 Å². The summed E-state index contributed by atoms with van der Waals surface area (Å²) in [5.74, 6) is -0.186. The van der Waals surface area contributed by atoms with Crippen molar-refractivity contribution in [3.05, 3.63) is 59.4 Å². The predicted molar refractivity (Wildman–Crippen MR) is 119 cm³/mol. The van der Waals surface area contributed by atoms with Crippen LogP contribution in [0.3, 0.4) is 0 Å². The normalized spacial score (nSPS) is 10.6. The molecule has 0 saturated carbocycles. The number of carbonyl (C=O) groups is 2. The monoisotopic (exact) mass is 420 g/mol. The minimum absolute atomic E-state index is 0.0155. The van der Waals surface area contributed by atoms with E-state index in [1.807, 2.05) is 49.0 Å². The first-order valence-corrected chi connectivity index (χ1v) is 9.62. The molecule has 0 aliphatic heterocycles. The van der Waals surface area contributed by atoms with Gasteiger partial charge in [-0.25, -0.2) is 9.50 Å². The van der Waals surface area contributed by atoms with E-state index >= 15 is 0 Å². The molecule has 3 heterocycles. The quantitative estimate of drug-likeness (QED) is 0.487. The van der Waals surface area contributed by atoms with Gasteiger partial charge in [-0.1, -0.05) is 12.1 Å². The van der Waals surface area contributed by atoms with Gasteiger partial charge in [-0.2, -0.15) is 5.10 Å². The summed E-state index contributed by atoms with van der Waals surface area (Å²) < 4.78 is 6.80. The largest absolute Gasteiger partial charge is 0.483 e. The molecular formula is C23H24N4O4. The van der Waals surface area contributed by atoms with E-state index in [4.69, 9.17) is 19.6 Å². The molecule has 8 nitrogen and oxygen atoms in total. The number of hydrogen-bond donors (Lipinski definition) is 2. The Balaban J connectivity index is 0.000000858. The van der Waals surface area contributed by atoms with Crippen molar-refractivity contribution in [2.45, 2.75) is 20.8 Å². The summed E-state index contributed by atoms with van der Waals surface area (Å²) in [6, 6.07) is 10.00. The summed E-state index contributed by atoms with van der Waals surface area (Å²) >= 11 is 0. The van der Waals surface area contributed by atoms with Crippen LogP contribution in [0.15, 0.2) is 42.7 Å². The number of carbonyl (C=O) groups excluding carboxylic acids is 1. The van der Waals surface area contributed by atoms with Crippen molar-refractivity contribution in [1.82, 2.24) is 14.6 Å². The summed E-state index contributed by atoms with van der Waals surface area (Å²) in [5, 5.41) is 15.2. The molecule has 0 aliphatic rings. The molecule has 0 saturated heterocycles. The number of nitrogens with zero attached hydrogens (tertiary/aromatic N) is 3. The zero-order valence-corrected chi connectivity index (χ0v) is 17.8. The zero-order valence-electron chi connectivity index (χ0n) is 17.8. The number of rotatable bonds is 4. The van der Waals surface area contributed by atoms with Crippen molar-refractivity contribution < 1.29 is 19.4 Å². The average Bonchev–Trinajstić information content (AvgIpc) is 3.16. The first-order chi connectivity index (χ1) is 14.9. The summed E-state index contributed by atoms with van der Waals surface area (Å²) in [6.07, 6.45) is 3.80. The van der Waals surface area contributed by atoms with Gasteiger partial charge in [0.05, 0.1) is 28.6 Å². The molecule has 2 N–H and O–H groups in total. The third kappa shape index (κ3) is 4.39. The van der Waals surface area contributed by atoms with Crippen LogP contribution in [0.25, 0.3) is 27.7 Å². The molecule has 0 radical (unpaired) electrons. The Morgan fingerprint density at radius 1 is 1.19 bits per heavy atom. The van der Waals surface area contributed by atoms with Crippen molar-refractivity contribution in [1.29, 1.82) is 0 Å². The van der Waals surface area contributed by atoms with Crippen LogP contribution in [0.1, 0.15) is 16.7 Å². The highest BCUT2D eigenvalue weighted by molar-refractivity contribution is 6.04. The second kappa shape index (κ2) is 9.36. The second-order valence-corrected chi connectivity index (χ2v) is 7.11. The standard InChI is InChI=1S/C22H22N4O2.CH2O2/c1-13-7-8-17(24-19(27)12-28-4)20-15(3)10-18(25-21(13)20)16-11-23-26-9-5-6-14(2)22(16)26;2-1-3/h5-11H,12H2,1-4H3,(H,24,27);1H,(H,2,3). The minimum Gasteiger partial charge on any atom is -0.483 e. The van der Waals surface area contributed by atoms with E-state index in [9.17, 15) is 4.79 Å². The SMILES string of the molecule is COCC(=O)Nc1ccc(C)c2nc(-c3cnn4cccc(C)c34)cc(C)c12.O=CO. The molecule has 4 rings (SSSR count). The maximum Gasteiger partial charge on any atom is 0.290 e. The first kappa shape index (κ1) is 21.9. The molecule has 0 aliphatic carbocycles. The van der Waals surface area contributed by atoms with Crippen LogP contribution in [-0.2, 0) is 14.3 Å². The van der Waals surface area contributed by atoms with E-state index in [1.165, 1.54) is 7.11 Å². The molecule has 4 aromatic rings. The topological polar surface area (TPSA) is 106 Å². The molecule has 0 spiro atoms. The summed E-state index contributed by atoms with van der Waals surface area (Å²) in [6.45, 7) is 5.91. The lowest BCUT2D eigenvalue weighted by molar-refractivity contribution is -0.123. The number of aromatic nitrogens is 3. The molecular weight excluding hydrogens is 396 g/mol. The van der Waals surface area contributed by atoms with Crippen molar-refractivity contribution >= 4 is 34.5 Å². The maximum absolute atomic E-state index is 12.0. The second-order valence-electron chi connectivity index (χ2n) is 7.11. The van der Waals surface area contributed by atoms with Crippen LogP contribution in [-0.4, -0.2) is 45.8 Å². The van der Waals surface area contributed by atoms with Gasteiger partial charge in [-0.05, 0) is 55.7 Å². The van der Waals surface area contributed by atoms with Gasteiger partial charge >= 0.3 is 0 Å². The van der Waals surface area contributed by atoms with E-state index in [0.717, 1.165) is 50.1 Å². The van der Waals surface area contributed by atoms with Gasteiger partial charge in [-0.3, -0.25) is 9.59 Å². The Labute approximate surface area is 179 Å². The number of pyridine rings is 2. The Kier molecular flexibility index (Phi) is 6.61. The highest BCUT2D eigenvalue weighted by atomic mass is 16.5. The third-order valence-electron chi connectivity index (χ3n) is 4.93. The summed E-state index contributed by atoms with van der Waals surface area (Å²) in [7, 11) is 1.50. The van der Waals surface area contributed by atoms with Crippen molar-refractivity contribution in [2.75, 3.05) is 19.0 Å². The lowest BCUT2D eigenvalue weighted by Crippen LogP contribution is -2.17. The third-order valence-corrected chi connectivity index (χ3v) is 4.93. The Bertz CT molecular complexity index is 1260. The number of hydrogen-bond acceptors (Lipinski definition) is 5. The molecule has 0 fully saturated rings. The van der Waals surface area contributed by atoms with Gasteiger partial charge in [-0.15, -0.1) is 0 Å². The van der Waals surface area contributed by atoms with Crippen molar-refractivity contribution in [3.63, 3.8) is 0 Å². The van der Waals surface area contributed by atoms with Crippen molar-refractivity contribution in [2.24, 2.45) is 0 Å². The van der Waals surface area contributed by atoms with Crippen LogP contribution < -0.4 is 5.32 Å². The molecule has 0 unspecified atom stereocenters. The highest BCUT2D eigenvalue weighted by Gasteiger charge is 2.16. The number of carboxylic acid groups (broad SMARTS) is 1. The number of amides is 1. The van der Waals surface area contributed by atoms with E-state index in [1.54, 1.807) is 0 Å². The van der Waals surface area contributed by atoms with Gasteiger partial charge < -0.3 is 15.2 Å². The van der Waals surface area contributed by atoms with E-state index in [2.05, 4.69) is 29.5 Å². The maximum atomic E-state index is 12.0. The van der Waals surface area contributed by atoms with Crippen LogP contribution >= 0.6 is 0 Å². The number of ether oxygens (including phenoxy) is 1. The molecule has 31 heavy (non-hydrogen) atoms. The minimum atomic E-state index is -0.250. The predicted octanol–water partition coefficient (Wildman–Crippen LogP) is 3.76. The fourth-order valence-corrected chi connectivity index (χ4v) is 3.63. The molecule has 160 valence electrons. The fraction of sp³-hybridized carbons (Fsp3) is 0.217. The number of anilines is 1. The van der Waals surface area contributed by atoms with Crippen LogP contribution in [0.2, 0.25) is 0 Å². The van der Waals surface area contributed by atoms with Gasteiger partial charge in [0.25, 0.3) is 6.47 Å². The van der Waals surface area contributed by atoms with E-state index in [-0.39, 0.29) is 19.0 Å². The summed E-state index contributed by atoms with van der Waals surface area (Å²) in [4.78, 5) is 25.3.